The van der Waals surface area contributed by atoms with Crippen LogP contribution in [0.3, 0.4) is 0 Å². The normalized spacial score (nSPS) is 42.2. The fourth-order valence-electron chi connectivity index (χ4n) is 6.14. The Morgan fingerprint density at radius 3 is 2.62 bits per heavy atom. The van der Waals surface area contributed by atoms with Crippen LogP contribution in [0.5, 0.6) is 0 Å². The van der Waals surface area contributed by atoms with E-state index < -0.39 is 0 Å². The van der Waals surface area contributed by atoms with Gasteiger partial charge in [0.1, 0.15) is 0 Å². The summed E-state index contributed by atoms with van der Waals surface area (Å²) >= 11 is 13.3. The summed E-state index contributed by atoms with van der Waals surface area (Å²) in [6.45, 7) is 2.50. The van der Waals surface area contributed by atoms with E-state index in [1.807, 2.05) is 12.3 Å². The standard InChI is InChI=1S/C18H23Cl2N/c1-17-6-12-4-13(7-17)9-18(8-12,11-17)16(20)5-14-2-3-21-10-15(14)19/h2-3,10,12-13,16H,4-9,11H2,1H3. The van der Waals surface area contributed by atoms with Gasteiger partial charge in [-0.3, -0.25) is 4.98 Å². The molecule has 1 aromatic rings. The molecule has 1 nitrogen and oxygen atoms in total. The predicted molar refractivity (Wildman–Crippen MR) is 87.8 cm³/mol. The van der Waals surface area contributed by atoms with Gasteiger partial charge in [-0.05, 0) is 79.2 Å². The molecule has 0 amide bonds. The third-order valence-electron chi connectivity index (χ3n) is 6.32. The van der Waals surface area contributed by atoms with Crippen LogP contribution in [0, 0.1) is 22.7 Å². The van der Waals surface area contributed by atoms with E-state index in [1.54, 1.807) is 6.20 Å². The van der Waals surface area contributed by atoms with Crippen molar-refractivity contribution in [1.82, 2.24) is 4.98 Å². The highest BCUT2D eigenvalue weighted by Gasteiger charge is 2.57. The second-order valence-electron chi connectivity index (χ2n) is 8.27. The fraction of sp³-hybridized carbons (Fsp3) is 0.722. The minimum atomic E-state index is 0.211. The van der Waals surface area contributed by atoms with Gasteiger partial charge in [0.05, 0.1) is 5.02 Å². The molecule has 0 N–H and O–H groups in total. The molecule has 21 heavy (non-hydrogen) atoms. The molecule has 4 fully saturated rings. The molecule has 0 aliphatic heterocycles. The first-order valence-corrected chi connectivity index (χ1v) is 9.02. The average molecular weight is 324 g/mol. The summed E-state index contributed by atoms with van der Waals surface area (Å²) in [4.78, 5) is 4.08. The molecule has 0 spiro atoms. The summed E-state index contributed by atoms with van der Waals surface area (Å²) in [7, 11) is 0. The summed E-state index contributed by atoms with van der Waals surface area (Å²) in [5, 5.41) is 0.974. The Hall–Kier alpha value is -0.270. The van der Waals surface area contributed by atoms with Crippen molar-refractivity contribution in [2.24, 2.45) is 22.7 Å². The number of aromatic nitrogens is 1. The van der Waals surface area contributed by atoms with E-state index in [0.717, 1.165) is 28.8 Å². The monoisotopic (exact) mass is 323 g/mol. The van der Waals surface area contributed by atoms with Gasteiger partial charge < -0.3 is 0 Å². The molecule has 4 aliphatic carbocycles. The highest BCUT2D eigenvalue weighted by atomic mass is 35.5. The molecule has 4 saturated carbocycles. The van der Waals surface area contributed by atoms with Crippen molar-refractivity contribution >= 4 is 23.2 Å². The number of hydrogen-bond acceptors (Lipinski definition) is 1. The van der Waals surface area contributed by atoms with E-state index in [4.69, 9.17) is 23.2 Å². The van der Waals surface area contributed by atoms with Crippen LogP contribution in [-0.2, 0) is 6.42 Å². The van der Waals surface area contributed by atoms with E-state index in [0.29, 0.717) is 10.8 Å². The Morgan fingerprint density at radius 2 is 2.00 bits per heavy atom. The summed E-state index contributed by atoms with van der Waals surface area (Å²) in [5.74, 6) is 1.84. The minimum Gasteiger partial charge on any atom is -0.263 e. The zero-order valence-corrected chi connectivity index (χ0v) is 14.1. The summed E-state index contributed by atoms with van der Waals surface area (Å²) in [6, 6.07) is 2.03. The van der Waals surface area contributed by atoms with E-state index in [-0.39, 0.29) is 5.38 Å². The van der Waals surface area contributed by atoms with Gasteiger partial charge in [0.25, 0.3) is 0 Å². The van der Waals surface area contributed by atoms with Crippen LogP contribution in [0.15, 0.2) is 18.5 Å². The van der Waals surface area contributed by atoms with Crippen molar-refractivity contribution in [3.8, 4) is 0 Å². The number of alkyl halides is 1. The van der Waals surface area contributed by atoms with Crippen LogP contribution in [0.25, 0.3) is 0 Å². The zero-order valence-electron chi connectivity index (χ0n) is 12.6. The van der Waals surface area contributed by atoms with Crippen molar-refractivity contribution in [3.05, 3.63) is 29.0 Å². The topological polar surface area (TPSA) is 12.9 Å². The smallest absolute Gasteiger partial charge is 0.0621 e. The summed E-state index contributed by atoms with van der Waals surface area (Å²) in [5.41, 5.74) is 2.07. The fourth-order valence-corrected chi connectivity index (χ4v) is 6.76. The van der Waals surface area contributed by atoms with Crippen molar-refractivity contribution in [2.75, 3.05) is 0 Å². The molecule has 3 heteroatoms. The quantitative estimate of drug-likeness (QED) is 0.670. The molecule has 3 unspecified atom stereocenters. The number of rotatable bonds is 3. The van der Waals surface area contributed by atoms with Crippen LogP contribution in [0.1, 0.15) is 51.0 Å². The molecule has 0 radical (unpaired) electrons. The van der Waals surface area contributed by atoms with Crippen LogP contribution in [0.4, 0.5) is 0 Å². The molecule has 4 aliphatic rings. The maximum absolute atomic E-state index is 6.99. The number of nitrogens with zero attached hydrogens (tertiary/aromatic N) is 1. The van der Waals surface area contributed by atoms with Crippen molar-refractivity contribution in [2.45, 2.75) is 57.2 Å². The van der Waals surface area contributed by atoms with Gasteiger partial charge in [-0.15, -0.1) is 11.6 Å². The Balaban J connectivity index is 1.59. The predicted octanol–water partition coefficient (Wildman–Crippen LogP) is 5.49. The van der Waals surface area contributed by atoms with E-state index in [9.17, 15) is 0 Å². The molecular weight excluding hydrogens is 301 g/mol. The minimum absolute atomic E-state index is 0.211. The highest BCUT2D eigenvalue weighted by molar-refractivity contribution is 6.31. The second kappa shape index (κ2) is 4.86. The highest BCUT2D eigenvalue weighted by Crippen LogP contribution is 2.67. The maximum Gasteiger partial charge on any atom is 0.0621 e. The molecule has 0 saturated heterocycles. The molecule has 1 aromatic heterocycles. The van der Waals surface area contributed by atoms with Gasteiger partial charge in [-0.1, -0.05) is 18.5 Å². The van der Waals surface area contributed by atoms with E-state index in [2.05, 4.69) is 11.9 Å². The third-order valence-corrected chi connectivity index (χ3v) is 7.28. The Kier molecular flexibility index (Phi) is 3.32. The molecule has 4 bridgehead atoms. The van der Waals surface area contributed by atoms with Crippen LogP contribution < -0.4 is 0 Å². The molecule has 114 valence electrons. The number of halogens is 2. The molecule has 3 atom stereocenters. The van der Waals surface area contributed by atoms with Crippen molar-refractivity contribution in [1.29, 1.82) is 0 Å². The van der Waals surface area contributed by atoms with Gasteiger partial charge in [-0.25, -0.2) is 0 Å². The number of hydrogen-bond donors (Lipinski definition) is 0. The lowest BCUT2D eigenvalue weighted by Crippen LogP contribution is -2.54. The lowest BCUT2D eigenvalue weighted by molar-refractivity contribution is -0.103. The van der Waals surface area contributed by atoms with E-state index in [1.165, 1.54) is 38.5 Å². The number of pyridine rings is 1. The third kappa shape index (κ3) is 2.41. The van der Waals surface area contributed by atoms with Gasteiger partial charge in [0, 0.05) is 17.8 Å². The largest absolute Gasteiger partial charge is 0.263 e. The lowest BCUT2D eigenvalue weighted by atomic mass is 9.44. The molecular formula is C18H23Cl2N. The molecule has 0 aromatic carbocycles. The first kappa shape index (κ1) is 14.3. The molecule has 5 rings (SSSR count). The van der Waals surface area contributed by atoms with Crippen LogP contribution >= 0.6 is 23.2 Å². The first-order chi connectivity index (χ1) is 9.98. The van der Waals surface area contributed by atoms with Crippen molar-refractivity contribution in [3.63, 3.8) is 0 Å². The Morgan fingerprint density at radius 1 is 1.29 bits per heavy atom. The van der Waals surface area contributed by atoms with E-state index >= 15 is 0 Å². The Bertz CT molecular complexity index is 542. The van der Waals surface area contributed by atoms with Crippen LogP contribution in [-0.4, -0.2) is 10.4 Å². The summed E-state index contributed by atoms with van der Waals surface area (Å²) in [6.07, 6.45) is 12.8. The average Bonchev–Trinajstić information content (AvgIpc) is 2.38. The van der Waals surface area contributed by atoms with Crippen molar-refractivity contribution < 1.29 is 0 Å². The van der Waals surface area contributed by atoms with Gasteiger partial charge in [0.2, 0.25) is 0 Å². The lowest BCUT2D eigenvalue weighted by Gasteiger charge is -2.62. The van der Waals surface area contributed by atoms with Crippen LogP contribution in [0.2, 0.25) is 5.02 Å². The van der Waals surface area contributed by atoms with Gasteiger partial charge in [-0.2, -0.15) is 0 Å². The van der Waals surface area contributed by atoms with Gasteiger partial charge >= 0.3 is 0 Å². The van der Waals surface area contributed by atoms with Gasteiger partial charge in [0.15, 0.2) is 0 Å². The second-order valence-corrected chi connectivity index (χ2v) is 9.21. The maximum atomic E-state index is 6.99. The zero-order chi connectivity index (χ0) is 14.7. The first-order valence-electron chi connectivity index (χ1n) is 8.21. The molecule has 1 heterocycles. The Labute approximate surface area is 137 Å². The SMILES string of the molecule is CC12CC3CC(C1)CC(C(Cl)Cc1ccncc1Cl)(C3)C2. The summed E-state index contributed by atoms with van der Waals surface area (Å²) < 4.78 is 0.